The molecule has 5 nitrogen and oxygen atoms in total. The summed E-state index contributed by atoms with van der Waals surface area (Å²) < 4.78 is 0. The van der Waals surface area contributed by atoms with Crippen molar-refractivity contribution in [3.8, 4) is 0 Å². The molecule has 4 rings (SSSR count). The SMILES string of the molecule is Cc1cc2c(NCCCc3nc4ccccc4[nH]3)ncnc2s1. The van der Waals surface area contributed by atoms with Crippen LogP contribution in [0, 0.1) is 6.92 Å². The van der Waals surface area contributed by atoms with Crippen LogP contribution < -0.4 is 5.32 Å². The van der Waals surface area contributed by atoms with Gasteiger partial charge in [0.05, 0.1) is 16.4 Å². The predicted molar refractivity (Wildman–Crippen MR) is 95.1 cm³/mol. The standard InChI is InChI=1S/C17H17N5S/c1-11-9-12-16(19-10-20-17(12)23-11)18-8-4-7-15-21-13-5-2-3-6-14(13)22-15/h2-3,5-6,9-10H,4,7-8H2,1H3,(H,21,22)(H,18,19,20). The summed E-state index contributed by atoms with van der Waals surface area (Å²) in [5, 5.41) is 4.53. The van der Waals surface area contributed by atoms with E-state index in [4.69, 9.17) is 0 Å². The van der Waals surface area contributed by atoms with E-state index in [1.165, 1.54) is 4.88 Å². The topological polar surface area (TPSA) is 66.5 Å². The van der Waals surface area contributed by atoms with E-state index in [9.17, 15) is 0 Å². The first-order chi connectivity index (χ1) is 11.3. The van der Waals surface area contributed by atoms with Crippen LogP contribution in [0.4, 0.5) is 5.82 Å². The van der Waals surface area contributed by atoms with Gasteiger partial charge in [-0.3, -0.25) is 0 Å². The van der Waals surface area contributed by atoms with Gasteiger partial charge in [-0.05, 0) is 31.5 Å². The molecule has 0 aliphatic carbocycles. The second-order valence-electron chi connectivity index (χ2n) is 5.53. The van der Waals surface area contributed by atoms with Crippen molar-refractivity contribution >= 4 is 38.4 Å². The van der Waals surface area contributed by atoms with Gasteiger partial charge in [0.1, 0.15) is 22.8 Å². The van der Waals surface area contributed by atoms with Crippen LogP contribution in [-0.4, -0.2) is 26.5 Å². The number of imidazole rings is 1. The fourth-order valence-electron chi connectivity index (χ4n) is 2.70. The number of anilines is 1. The Labute approximate surface area is 137 Å². The van der Waals surface area contributed by atoms with Gasteiger partial charge in [0.25, 0.3) is 0 Å². The lowest BCUT2D eigenvalue weighted by Crippen LogP contribution is -2.05. The minimum Gasteiger partial charge on any atom is -0.369 e. The fraction of sp³-hybridized carbons (Fsp3) is 0.235. The van der Waals surface area contributed by atoms with E-state index >= 15 is 0 Å². The van der Waals surface area contributed by atoms with E-state index in [0.717, 1.165) is 52.3 Å². The number of hydrogen-bond acceptors (Lipinski definition) is 5. The van der Waals surface area contributed by atoms with Crippen LogP contribution in [0.1, 0.15) is 17.1 Å². The lowest BCUT2D eigenvalue weighted by Gasteiger charge is -2.05. The van der Waals surface area contributed by atoms with E-state index in [1.54, 1.807) is 17.7 Å². The van der Waals surface area contributed by atoms with Gasteiger partial charge in [0.15, 0.2) is 0 Å². The largest absolute Gasteiger partial charge is 0.369 e. The monoisotopic (exact) mass is 323 g/mol. The summed E-state index contributed by atoms with van der Waals surface area (Å²) in [4.78, 5) is 18.9. The first-order valence-electron chi connectivity index (χ1n) is 7.68. The number of rotatable bonds is 5. The smallest absolute Gasteiger partial charge is 0.138 e. The van der Waals surface area contributed by atoms with Crippen molar-refractivity contribution in [2.24, 2.45) is 0 Å². The van der Waals surface area contributed by atoms with Crippen molar-refractivity contribution in [1.82, 2.24) is 19.9 Å². The number of nitrogens with zero attached hydrogens (tertiary/aromatic N) is 3. The molecule has 0 atom stereocenters. The predicted octanol–water partition coefficient (Wildman–Crippen LogP) is 3.92. The van der Waals surface area contributed by atoms with Gasteiger partial charge < -0.3 is 10.3 Å². The summed E-state index contributed by atoms with van der Waals surface area (Å²) in [6.45, 7) is 2.95. The van der Waals surface area contributed by atoms with Crippen LogP contribution in [-0.2, 0) is 6.42 Å². The highest BCUT2D eigenvalue weighted by atomic mass is 32.1. The molecule has 0 unspecified atom stereocenters. The van der Waals surface area contributed by atoms with Crippen molar-refractivity contribution in [3.63, 3.8) is 0 Å². The number of nitrogens with one attached hydrogen (secondary N) is 2. The molecular weight excluding hydrogens is 306 g/mol. The lowest BCUT2D eigenvalue weighted by atomic mass is 10.3. The fourth-order valence-corrected chi connectivity index (χ4v) is 3.55. The molecule has 3 aromatic heterocycles. The van der Waals surface area contributed by atoms with E-state index in [1.807, 2.05) is 18.2 Å². The molecule has 0 saturated carbocycles. The van der Waals surface area contributed by atoms with Crippen molar-refractivity contribution in [3.05, 3.63) is 47.4 Å². The number of aromatic amines is 1. The van der Waals surface area contributed by atoms with Crippen molar-refractivity contribution in [2.45, 2.75) is 19.8 Å². The molecule has 0 aliphatic heterocycles. The first kappa shape index (κ1) is 14.1. The second kappa shape index (κ2) is 5.96. The number of hydrogen-bond donors (Lipinski definition) is 2. The molecule has 6 heteroatoms. The molecule has 3 heterocycles. The van der Waals surface area contributed by atoms with Crippen LogP contribution in [0.3, 0.4) is 0 Å². The molecule has 0 saturated heterocycles. The molecule has 4 aromatic rings. The molecule has 0 radical (unpaired) electrons. The minimum atomic E-state index is 0.859. The summed E-state index contributed by atoms with van der Waals surface area (Å²) in [5.41, 5.74) is 2.13. The Morgan fingerprint density at radius 3 is 3.04 bits per heavy atom. The Morgan fingerprint density at radius 2 is 2.13 bits per heavy atom. The molecule has 0 aliphatic rings. The maximum Gasteiger partial charge on any atom is 0.138 e. The zero-order chi connectivity index (χ0) is 15.6. The lowest BCUT2D eigenvalue weighted by molar-refractivity contribution is 0.818. The third kappa shape index (κ3) is 2.90. The van der Waals surface area contributed by atoms with Crippen molar-refractivity contribution in [2.75, 3.05) is 11.9 Å². The van der Waals surface area contributed by atoms with Gasteiger partial charge in [0.2, 0.25) is 0 Å². The maximum atomic E-state index is 4.60. The minimum absolute atomic E-state index is 0.859. The molecule has 0 bridgehead atoms. The number of aromatic nitrogens is 4. The van der Waals surface area contributed by atoms with Crippen LogP contribution in [0.5, 0.6) is 0 Å². The Balaban J connectivity index is 1.39. The highest BCUT2D eigenvalue weighted by molar-refractivity contribution is 7.18. The third-order valence-corrected chi connectivity index (χ3v) is 4.73. The number of benzene rings is 1. The molecule has 2 N–H and O–H groups in total. The van der Waals surface area contributed by atoms with Gasteiger partial charge in [-0.15, -0.1) is 11.3 Å². The summed E-state index contributed by atoms with van der Waals surface area (Å²) in [7, 11) is 0. The zero-order valence-electron chi connectivity index (χ0n) is 12.8. The number of thiophene rings is 1. The molecular formula is C17H17N5S. The highest BCUT2D eigenvalue weighted by Crippen LogP contribution is 2.27. The number of H-pyrrole nitrogens is 1. The van der Waals surface area contributed by atoms with Gasteiger partial charge in [-0.1, -0.05) is 12.1 Å². The van der Waals surface area contributed by atoms with Crippen molar-refractivity contribution in [1.29, 1.82) is 0 Å². The first-order valence-corrected chi connectivity index (χ1v) is 8.50. The number of aryl methyl sites for hydroxylation is 2. The summed E-state index contributed by atoms with van der Waals surface area (Å²) in [6.07, 6.45) is 3.53. The number of fused-ring (bicyclic) bond motifs is 2. The maximum absolute atomic E-state index is 4.60. The van der Waals surface area contributed by atoms with Crippen LogP contribution in [0.2, 0.25) is 0 Å². The Bertz CT molecular complexity index is 923. The molecule has 0 fully saturated rings. The van der Waals surface area contributed by atoms with Gasteiger partial charge >= 0.3 is 0 Å². The summed E-state index contributed by atoms with van der Waals surface area (Å²) in [5.74, 6) is 1.95. The quantitative estimate of drug-likeness (QED) is 0.546. The molecule has 1 aromatic carbocycles. The Hall–Kier alpha value is -2.47. The average molecular weight is 323 g/mol. The Kier molecular flexibility index (Phi) is 3.67. The zero-order valence-corrected chi connectivity index (χ0v) is 13.7. The van der Waals surface area contributed by atoms with Gasteiger partial charge in [0, 0.05) is 17.8 Å². The third-order valence-electron chi connectivity index (χ3n) is 3.77. The van der Waals surface area contributed by atoms with E-state index < -0.39 is 0 Å². The van der Waals surface area contributed by atoms with E-state index in [0.29, 0.717) is 0 Å². The average Bonchev–Trinajstić information content (AvgIpc) is 3.13. The molecule has 116 valence electrons. The Morgan fingerprint density at radius 1 is 1.22 bits per heavy atom. The van der Waals surface area contributed by atoms with Crippen LogP contribution in [0.25, 0.3) is 21.3 Å². The summed E-state index contributed by atoms with van der Waals surface area (Å²) in [6, 6.07) is 10.3. The van der Waals surface area contributed by atoms with Gasteiger partial charge in [-0.2, -0.15) is 0 Å². The number of para-hydroxylation sites is 2. The van der Waals surface area contributed by atoms with Crippen molar-refractivity contribution < 1.29 is 0 Å². The normalized spacial score (nSPS) is 11.3. The van der Waals surface area contributed by atoms with E-state index in [-0.39, 0.29) is 0 Å². The molecule has 23 heavy (non-hydrogen) atoms. The molecule has 0 spiro atoms. The molecule has 0 amide bonds. The van der Waals surface area contributed by atoms with Crippen LogP contribution >= 0.6 is 11.3 Å². The van der Waals surface area contributed by atoms with Gasteiger partial charge in [-0.25, -0.2) is 15.0 Å². The van der Waals surface area contributed by atoms with E-state index in [2.05, 4.69) is 44.3 Å². The summed E-state index contributed by atoms with van der Waals surface area (Å²) >= 11 is 1.70. The van der Waals surface area contributed by atoms with Crippen LogP contribution in [0.15, 0.2) is 36.7 Å². The second-order valence-corrected chi connectivity index (χ2v) is 6.76. The highest BCUT2D eigenvalue weighted by Gasteiger charge is 2.06.